The van der Waals surface area contributed by atoms with E-state index in [1.807, 2.05) is 45.3 Å². The van der Waals surface area contributed by atoms with Gasteiger partial charge < -0.3 is 14.8 Å². The molecule has 132 valence electrons. The molecule has 0 bridgehead atoms. The van der Waals surface area contributed by atoms with Crippen LogP contribution < -0.4 is 5.32 Å². The maximum absolute atomic E-state index is 11.9. The maximum atomic E-state index is 11.9. The Kier molecular flexibility index (Phi) is 4.99. The second-order valence-corrected chi connectivity index (χ2v) is 6.99. The van der Waals surface area contributed by atoms with E-state index in [9.17, 15) is 4.79 Å². The summed E-state index contributed by atoms with van der Waals surface area (Å²) in [6.07, 6.45) is 5.34. The zero-order chi connectivity index (χ0) is 17.9. The Morgan fingerprint density at radius 2 is 2.08 bits per heavy atom. The molecule has 1 N–H and O–H groups in total. The first kappa shape index (κ1) is 17.4. The van der Waals surface area contributed by atoms with Gasteiger partial charge in [0.05, 0.1) is 13.2 Å². The third-order valence-electron chi connectivity index (χ3n) is 3.93. The molecule has 1 aromatic heterocycles. The summed E-state index contributed by atoms with van der Waals surface area (Å²) in [6.45, 7) is 6.50. The van der Waals surface area contributed by atoms with E-state index in [1.165, 1.54) is 11.9 Å². The van der Waals surface area contributed by atoms with Crippen LogP contribution in [0.3, 0.4) is 0 Å². The van der Waals surface area contributed by atoms with E-state index in [0.717, 1.165) is 23.1 Å². The zero-order valence-electron chi connectivity index (χ0n) is 14.8. The molecule has 0 spiro atoms. The highest BCUT2D eigenvalue weighted by molar-refractivity contribution is 5.69. The summed E-state index contributed by atoms with van der Waals surface area (Å²) in [5.41, 5.74) is 3.89. The van der Waals surface area contributed by atoms with Gasteiger partial charge >= 0.3 is 6.09 Å². The molecule has 0 saturated carbocycles. The van der Waals surface area contributed by atoms with Gasteiger partial charge in [-0.05, 0) is 43.9 Å². The molecular formula is C19H23N3O3. The first-order chi connectivity index (χ1) is 11.9. The lowest BCUT2D eigenvalue weighted by Gasteiger charge is -2.28. The first-order valence-corrected chi connectivity index (χ1v) is 8.39. The summed E-state index contributed by atoms with van der Waals surface area (Å²) in [5, 5.41) is 2.80. The lowest BCUT2D eigenvalue weighted by Crippen LogP contribution is -2.36. The van der Waals surface area contributed by atoms with Gasteiger partial charge in [-0.25, -0.2) is 14.8 Å². The summed E-state index contributed by atoms with van der Waals surface area (Å²) in [6, 6.07) is 6.11. The monoisotopic (exact) mass is 341 g/mol. The molecule has 1 amide bonds. The van der Waals surface area contributed by atoms with Gasteiger partial charge in [-0.1, -0.05) is 18.2 Å². The zero-order valence-corrected chi connectivity index (χ0v) is 14.8. The highest BCUT2D eigenvalue weighted by Gasteiger charge is 2.25. The van der Waals surface area contributed by atoms with Crippen molar-refractivity contribution in [3.63, 3.8) is 0 Å². The molecule has 2 aromatic rings. The normalized spacial score (nSPS) is 16.8. The van der Waals surface area contributed by atoms with Crippen molar-refractivity contribution in [3.8, 4) is 11.1 Å². The van der Waals surface area contributed by atoms with E-state index in [1.54, 1.807) is 0 Å². The lowest BCUT2D eigenvalue weighted by molar-refractivity contribution is 0.0290. The van der Waals surface area contributed by atoms with Crippen LogP contribution in [0.15, 0.2) is 36.9 Å². The van der Waals surface area contributed by atoms with Gasteiger partial charge in [-0.3, -0.25) is 0 Å². The Bertz CT molecular complexity index is 741. The van der Waals surface area contributed by atoms with Crippen LogP contribution in [0.4, 0.5) is 4.79 Å². The fourth-order valence-electron chi connectivity index (χ4n) is 2.95. The van der Waals surface area contributed by atoms with Crippen LogP contribution >= 0.6 is 0 Å². The largest absolute Gasteiger partial charge is 0.444 e. The van der Waals surface area contributed by atoms with Gasteiger partial charge in [0.25, 0.3) is 0 Å². The lowest BCUT2D eigenvalue weighted by atomic mass is 9.90. The number of aromatic nitrogens is 2. The molecule has 1 unspecified atom stereocenters. The minimum absolute atomic E-state index is 0.194. The summed E-state index contributed by atoms with van der Waals surface area (Å²) in [5.74, 6) is 0. The van der Waals surface area contributed by atoms with Gasteiger partial charge in [-0.2, -0.15) is 0 Å². The van der Waals surface area contributed by atoms with Crippen molar-refractivity contribution in [2.45, 2.75) is 38.9 Å². The molecule has 3 rings (SSSR count). The summed E-state index contributed by atoms with van der Waals surface area (Å²) in [4.78, 5) is 20.1. The molecule has 1 atom stereocenters. The number of alkyl carbamates (subject to hydrolysis) is 1. The number of fused-ring (bicyclic) bond motifs is 1. The number of carbonyl (C=O) groups is 1. The molecule has 0 aliphatic carbocycles. The number of nitrogens with zero attached hydrogens (tertiary/aromatic N) is 2. The van der Waals surface area contributed by atoms with Crippen molar-refractivity contribution in [2.24, 2.45) is 0 Å². The van der Waals surface area contributed by atoms with Crippen LogP contribution in [-0.2, 0) is 15.9 Å². The van der Waals surface area contributed by atoms with Crippen LogP contribution in [0.2, 0.25) is 0 Å². The predicted octanol–water partition coefficient (Wildman–Crippen LogP) is 3.28. The first-order valence-electron chi connectivity index (χ1n) is 8.39. The Morgan fingerprint density at radius 3 is 2.80 bits per heavy atom. The van der Waals surface area contributed by atoms with Crippen LogP contribution in [0.5, 0.6) is 0 Å². The third-order valence-corrected chi connectivity index (χ3v) is 3.93. The van der Waals surface area contributed by atoms with E-state index >= 15 is 0 Å². The molecule has 0 radical (unpaired) electrons. The van der Waals surface area contributed by atoms with Crippen molar-refractivity contribution in [1.29, 1.82) is 0 Å². The standard InChI is InChI=1S/C19H23N3O3/c1-19(2,3)25-18(23)22-11-17-16-6-4-5-14(15(16)7-8-24-17)13-9-20-12-21-10-13/h4-6,9-10,12,17H,7-8,11H2,1-3H3,(H,22,23). The molecule has 2 heterocycles. The Hall–Kier alpha value is -2.47. The number of carbonyl (C=O) groups excluding carboxylic acids is 1. The van der Waals surface area contributed by atoms with Crippen LogP contribution in [0.1, 0.15) is 38.0 Å². The molecule has 1 aromatic carbocycles. The predicted molar refractivity (Wildman–Crippen MR) is 94.1 cm³/mol. The Labute approximate surface area is 147 Å². The van der Waals surface area contributed by atoms with Crippen molar-refractivity contribution >= 4 is 6.09 Å². The van der Waals surface area contributed by atoms with E-state index < -0.39 is 11.7 Å². The molecule has 1 aliphatic rings. The average Bonchev–Trinajstić information content (AvgIpc) is 2.58. The number of benzene rings is 1. The van der Waals surface area contributed by atoms with Crippen molar-refractivity contribution in [3.05, 3.63) is 48.0 Å². The molecule has 6 heteroatoms. The van der Waals surface area contributed by atoms with Crippen molar-refractivity contribution in [1.82, 2.24) is 15.3 Å². The average molecular weight is 341 g/mol. The SMILES string of the molecule is CC(C)(C)OC(=O)NCC1OCCc2c(-c3cncnc3)cccc21. The number of rotatable bonds is 3. The van der Waals surface area contributed by atoms with Gasteiger partial charge in [0, 0.05) is 18.0 Å². The highest BCUT2D eigenvalue weighted by Crippen LogP contribution is 2.33. The summed E-state index contributed by atoms with van der Waals surface area (Å²) < 4.78 is 11.2. The van der Waals surface area contributed by atoms with Gasteiger partial charge in [0.1, 0.15) is 18.0 Å². The quantitative estimate of drug-likeness (QED) is 0.927. The van der Waals surface area contributed by atoms with E-state index in [2.05, 4.69) is 21.4 Å². The van der Waals surface area contributed by atoms with Crippen molar-refractivity contribution < 1.29 is 14.3 Å². The molecule has 6 nitrogen and oxygen atoms in total. The number of hydrogen-bond acceptors (Lipinski definition) is 5. The molecule has 1 aliphatic heterocycles. The Morgan fingerprint density at radius 1 is 1.32 bits per heavy atom. The number of nitrogens with one attached hydrogen (secondary N) is 1. The minimum Gasteiger partial charge on any atom is -0.444 e. The second-order valence-electron chi connectivity index (χ2n) is 6.99. The summed E-state index contributed by atoms with van der Waals surface area (Å²) in [7, 11) is 0. The van der Waals surface area contributed by atoms with Gasteiger partial charge in [0.15, 0.2) is 0 Å². The van der Waals surface area contributed by atoms with E-state index in [4.69, 9.17) is 9.47 Å². The fraction of sp³-hybridized carbons (Fsp3) is 0.421. The second kappa shape index (κ2) is 7.19. The number of amides is 1. The van der Waals surface area contributed by atoms with Gasteiger partial charge in [0.2, 0.25) is 0 Å². The Balaban J connectivity index is 1.78. The van der Waals surface area contributed by atoms with Crippen LogP contribution in [0, 0.1) is 0 Å². The molecule has 0 saturated heterocycles. The highest BCUT2D eigenvalue weighted by atomic mass is 16.6. The van der Waals surface area contributed by atoms with Crippen LogP contribution in [0.25, 0.3) is 11.1 Å². The molecule has 0 fully saturated rings. The minimum atomic E-state index is -0.518. The fourth-order valence-corrected chi connectivity index (χ4v) is 2.95. The number of hydrogen-bond donors (Lipinski definition) is 1. The third kappa shape index (κ3) is 4.33. The smallest absolute Gasteiger partial charge is 0.407 e. The van der Waals surface area contributed by atoms with Crippen LogP contribution in [-0.4, -0.2) is 34.8 Å². The summed E-state index contributed by atoms with van der Waals surface area (Å²) >= 11 is 0. The number of ether oxygens (including phenoxy) is 2. The van der Waals surface area contributed by atoms with E-state index in [-0.39, 0.29) is 6.10 Å². The molecular weight excluding hydrogens is 318 g/mol. The van der Waals surface area contributed by atoms with Crippen molar-refractivity contribution in [2.75, 3.05) is 13.2 Å². The van der Waals surface area contributed by atoms with E-state index in [0.29, 0.717) is 13.2 Å². The maximum Gasteiger partial charge on any atom is 0.407 e. The molecule has 25 heavy (non-hydrogen) atoms. The topological polar surface area (TPSA) is 73.3 Å². The van der Waals surface area contributed by atoms with Gasteiger partial charge in [-0.15, -0.1) is 0 Å².